The first kappa shape index (κ1) is 13.3. The van der Waals surface area contributed by atoms with Crippen molar-refractivity contribution in [3.8, 4) is 0 Å². The van der Waals surface area contributed by atoms with Crippen molar-refractivity contribution in [2.45, 2.75) is 59.5 Å². The summed E-state index contributed by atoms with van der Waals surface area (Å²) in [6.07, 6.45) is 3.49. The number of anilines is 1. The lowest BCUT2D eigenvalue weighted by atomic mass is 9.63. The van der Waals surface area contributed by atoms with Crippen molar-refractivity contribution in [1.29, 1.82) is 0 Å². The summed E-state index contributed by atoms with van der Waals surface area (Å²) >= 11 is 0. The zero-order chi connectivity index (χ0) is 13.4. The number of nitrogens with one attached hydrogen (secondary N) is 1. The number of aromatic nitrogens is 2. The third-order valence-electron chi connectivity index (χ3n) is 3.52. The van der Waals surface area contributed by atoms with Crippen molar-refractivity contribution in [1.82, 2.24) is 10.2 Å². The minimum atomic E-state index is 0.288. The van der Waals surface area contributed by atoms with Crippen LogP contribution in [0.25, 0.3) is 0 Å². The van der Waals surface area contributed by atoms with Crippen LogP contribution in [0.15, 0.2) is 4.42 Å². The summed E-state index contributed by atoms with van der Waals surface area (Å²) in [6.45, 7) is 9.57. The Morgan fingerprint density at radius 1 is 1.22 bits per heavy atom. The molecular weight excluding hydrogens is 228 g/mol. The molecule has 1 saturated carbocycles. The van der Waals surface area contributed by atoms with Crippen molar-refractivity contribution in [3.63, 3.8) is 0 Å². The monoisotopic (exact) mass is 252 g/mol. The van der Waals surface area contributed by atoms with Crippen molar-refractivity contribution in [3.05, 3.63) is 5.89 Å². The molecule has 0 spiro atoms. The fourth-order valence-corrected chi connectivity index (χ4v) is 3.52. The summed E-state index contributed by atoms with van der Waals surface area (Å²) in [6, 6.07) is 0.878. The van der Waals surface area contributed by atoms with E-state index in [1.165, 1.54) is 6.42 Å². The summed E-state index contributed by atoms with van der Waals surface area (Å²) in [5, 5.41) is 11.2. The van der Waals surface area contributed by atoms with Crippen LogP contribution in [-0.4, -0.2) is 16.2 Å². The van der Waals surface area contributed by atoms with Gasteiger partial charge in [0.2, 0.25) is 5.89 Å². The van der Waals surface area contributed by atoms with Crippen LogP contribution in [-0.2, 0) is 6.54 Å². The lowest BCUT2D eigenvalue weighted by Gasteiger charge is -2.44. The largest absolute Gasteiger partial charge is 0.407 e. The zero-order valence-electron chi connectivity index (χ0n) is 11.8. The van der Waals surface area contributed by atoms with Gasteiger partial charge in [0.1, 0.15) is 0 Å². The van der Waals surface area contributed by atoms with Gasteiger partial charge in [0.15, 0.2) is 0 Å². The van der Waals surface area contributed by atoms with Gasteiger partial charge in [0, 0.05) is 6.04 Å². The van der Waals surface area contributed by atoms with Crippen LogP contribution in [0, 0.1) is 10.8 Å². The molecule has 5 nitrogen and oxygen atoms in total. The Bertz CT molecular complexity index is 395. The second kappa shape index (κ2) is 4.53. The van der Waals surface area contributed by atoms with E-state index in [1.807, 2.05) is 0 Å². The maximum atomic E-state index is 5.46. The van der Waals surface area contributed by atoms with E-state index < -0.39 is 0 Å². The third-order valence-corrected chi connectivity index (χ3v) is 3.52. The van der Waals surface area contributed by atoms with Gasteiger partial charge in [-0.25, -0.2) is 0 Å². The predicted octanol–water partition coefficient (Wildman–Crippen LogP) is 2.55. The highest BCUT2D eigenvalue weighted by Gasteiger charge is 2.38. The van der Waals surface area contributed by atoms with Crippen LogP contribution in [0.1, 0.15) is 52.8 Å². The summed E-state index contributed by atoms with van der Waals surface area (Å²) in [7, 11) is 0. The molecule has 1 aliphatic carbocycles. The average Bonchev–Trinajstić information content (AvgIpc) is 2.60. The van der Waals surface area contributed by atoms with Crippen molar-refractivity contribution in [2.75, 3.05) is 5.32 Å². The first-order valence-electron chi connectivity index (χ1n) is 6.59. The summed E-state index contributed by atoms with van der Waals surface area (Å²) in [4.78, 5) is 0. The van der Waals surface area contributed by atoms with Crippen molar-refractivity contribution < 1.29 is 4.42 Å². The molecule has 2 rings (SSSR count). The molecule has 5 heteroatoms. The van der Waals surface area contributed by atoms with Gasteiger partial charge in [-0.2, -0.15) is 0 Å². The third kappa shape index (κ3) is 3.22. The molecule has 0 saturated heterocycles. The van der Waals surface area contributed by atoms with Crippen LogP contribution >= 0.6 is 0 Å². The lowest BCUT2D eigenvalue weighted by molar-refractivity contribution is 0.104. The SMILES string of the molecule is CC1(C)CC(Nc2nnc(CN)o2)CC(C)(C)C1. The predicted molar refractivity (Wildman–Crippen MR) is 71.0 cm³/mol. The van der Waals surface area contributed by atoms with Crippen LogP contribution in [0.2, 0.25) is 0 Å². The number of nitrogens with two attached hydrogens (primary N) is 1. The second-order valence-corrected chi connectivity index (χ2v) is 6.96. The van der Waals surface area contributed by atoms with Gasteiger partial charge in [-0.1, -0.05) is 32.8 Å². The van der Waals surface area contributed by atoms with Gasteiger partial charge < -0.3 is 15.5 Å². The van der Waals surface area contributed by atoms with E-state index in [4.69, 9.17) is 10.2 Å². The fraction of sp³-hybridized carbons (Fsp3) is 0.846. The first-order valence-corrected chi connectivity index (χ1v) is 6.59. The molecule has 0 aliphatic heterocycles. The maximum absolute atomic E-state index is 5.46. The fourth-order valence-electron chi connectivity index (χ4n) is 3.52. The molecule has 3 N–H and O–H groups in total. The van der Waals surface area contributed by atoms with Gasteiger partial charge in [-0.3, -0.25) is 0 Å². The normalized spacial score (nSPS) is 22.9. The van der Waals surface area contributed by atoms with E-state index in [2.05, 4.69) is 43.2 Å². The minimum absolute atomic E-state index is 0.288. The summed E-state index contributed by atoms with van der Waals surface area (Å²) in [5.41, 5.74) is 6.15. The Hall–Kier alpha value is -1.10. The molecule has 0 radical (unpaired) electrons. The van der Waals surface area contributed by atoms with Gasteiger partial charge in [0.05, 0.1) is 6.54 Å². The van der Waals surface area contributed by atoms with Crippen LogP contribution in [0.3, 0.4) is 0 Å². The van der Waals surface area contributed by atoms with Crippen molar-refractivity contribution in [2.24, 2.45) is 16.6 Å². The molecule has 0 unspecified atom stereocenters. The Morgan fingerprint density at radius 2 is 1.83 bits per heavy atom. The number of nitrogens with zero attached hydrogens (tertiary/aromatic N) is 2. The Labute approximate surface area is 109 Å². The molecule has 0 bridgehead atoms. The molecule has 1 aliphatic rings. The molecule has 1 aromatic rings. The van der Waals surface area contributed by atoms with E-state index in [1.54, 1.807) is 0 Å². The number of rotatable bonds is 3. The first-order chi connectivity index (χ1) is 8.30. The number of hydrogen-bond donors (Lipinski definition) is 2. The smallest absolute Gasteiger partial charge is 0.315 e. The molecule has 18 heavy (non-hydrogen) atoms. The zero-order valence-corrected chi connectivity index (χ0v) is 11.8. The molecule has 1 fully saturated rings. The molecule has 0 aromatic carbocycles. The molecule has 102 valence electrons. The van der Waals surface area contributed by atoms with E-state index in [0.29, 0.717) is 28.8 Å². The van der Waals surface area contributed by atoms with Crippen LogP contribution < -0.4 is 11.1 Å². The molecule has 1 aromatic heterocycles. The lowest BCUT2D eigenvalue weighted by Crippen LogP contribution is -2.40. The molecule has 0 atom stereocenters. The van der Waals surface area contributed by atoms with Gasteiger partial charge in [0.25, 0.3) is 0 Å². The van der Waals surface area contributed by atoms with Gasteiger partial charge in [-0.05, 0) is 30.1 Å². The highest BCUT2D eigenvalue weighted by molar-refractivity contribution is 5.20. The number of hydrogen-bond acceptors (Lipinski definition) is 5. The average molecular weight is 252 g/mol. The van der Waals surface area contributed by atoms with Gasteiger partial charge >= 0.3 is 6.01 Å². The quantitative estimate of drug-likeness (QED) is 0.864. The maximum Gasteiger partial charge on any atom is 0.315 e. The minimum Gasteiger partial charge on any atom is -0.407 e. The molecule has 1 heterocycles. The van der Waals surface area contributed by atoms with E-state index in [0.717, 1.165) is 12.8 Å². The Morgan fingerprint density at radius 3 is 2.33 bits per heavy atom. The Balaban J connectivity index is 2.04. The summed E-state index contributed by atoms with van der Waals surface area (Å²) < 4.78 is 5.41. The van der Waals surface area contributed by atoms with Crippen LogP contribution in [0.4, 0.5) is 6.01 Å². The van der Waals surface area contributed by atoms with Gasteiger partial charge in [-0.15, -0.1) is 5.10 Å². The molecular formula is C13H24N4O. The topological polar surface area (TPSA) is 77.0 Å². The second-order valence-electron chi connectivity index (χ2n) is 6.96. The van der Waals surface area contributed by atoms with E-state index in [-0.39, 0.29) is 6.54 Å². The highest BCUT2D eigenvalue weighted by atomic mass is 16.4. The highest BCUT2D eigenvalue weighted by Crippen LogP contribution is 2.46. The van der Waals surface area contributed by atoms with Crippen LogP contribution in [0.5, 0.6) is 0 Å². The standard InChI is InChI=1S/C13H24N4O/c1-12(2)5-9(6-13(3,4)8-12)15-11-17-16-10(7-14)18-11/h9H,5-8,14H2,1-4H3,(H,15,17). The van der Waals surface area contributed by atoms with E-state index in [9.17, 15) is 0 Å². The Kier molecular flexibility index (Phi) is 3.36. The van der Waals surface area contributed by atoms with Crippen molar-refractivity contribution >= 4 is 6.01 Å². The summed E-state index contributed by atoms with van der Waals surface area (Å²) in [5.74, 6) is 0.479. The molecule has 0 amide bonds. The van der Waals surface area contributed by atoms with E-state index >= 15 is 0 Å².